The van der Waals surface area contributed by atoms with Gasteiger partial charge in [-0.1, -0.05) is 23.2 Å². The molecule has 0 saturated heterocycles. The summed E-state index contributed by atoms with van der Waals surface area (Å²) in [6.45, 7) is 3.25. The van der Waals surface area contributed by atoms with Crippen LogP contribution in [0.5, 0.6) is 5.75 Å². The molecule has 1 rings (SSSR count). The smallest absolute Gasteiger partial charge is 0.244 e. The number of nitrogens with one attached hydrogen (secondary N) is 1. The van der Waals surface area contributed by atoms with Gasteiger partial charge < -0.3 is 9.47 Å². The van der Waals surface area contributed by atoms with E-state index in [0.29, 0.717) is 19.6 Å². The van der Waals surface area contributed by atoms with Gasteiger partial charge in [0, 0.05) is 19.8 Å². The van der Waals surface area contributed by atoms with Crippen LogP contribution in [0.1, 0.15) is 13.3 Å². The first-order chi connectivity index (χ1) is 9.44. The van der Waals surface area contributed by atoms with E-state index in [9.17, 15) is 8.42 Å². The van der Waals surface area contributed by atoms with Crippen LogP contribution in [0.25, 0.3) is 0 Å². The van der Waals surface area contributed by atoms with Crippen LogP contribution in [0.2, 0.25) is 10.0 Å². The van der Waals surface area contributed by atoms with Crippen LogP contribution in [0.3, 0.4) is 0 Å². The minimum Gasteiger partial charge on any atom is -0.494 e. The second-order valence-corrected chi connectivity index (χ2v) is 6.36. The highest BCUT2D eigenvalue weighted by Gasteiger charge is 2.22. The number of hydrogen-bond donors (Lipinski definition) is 1. The second-order valence-electron chi connectivity index (χ2n) is 3.84. The molecule has 0 aliphatic carbocycles. The maximum Gasteiger partial charge on any atom is 0.244 e. The van der Waals surface area contributed by atoms with Crippen molar-refractivity contribution in [2.75, 3.05) is 26.9 Å². The van der Waals surface area contributed by atoms with Crippen LogP contribution < -0.4 is 9.46 Å². The second kappa shape index (κ2) is 8.05. The molecule has 0 unspecified atom stereocenters. The van der Waals surface area contributed by atoms with Gasteiger partial charge in [0.25, 0.3) is 0 Å². The summed E-state index contributed by atoms with van der Waals surface area (Å²) in [6, 6.07) is 2.78. The third-order valence-electron chi connectivity index (χ3n) is 2.47. The number of halogens is 2. The van der Waals surface area contributed by atoms with E-state index in [-0.39, 0.29) is 27.2 Å². The summed E-state index contributed by atoms with van der Waals surface area (Å²) in [5, 5.41) is 0.310. The molecule has 0 radical (unpaired) electrons. The zero-order valence-corrected chi connectivity index (χ0v) is 13.6. The summed E-state index contributed by atoms with van der Waals surface area (Å²) in [6.07, 6.45) is 0.580. The van der Waals surface area contributed by atoms with E-state index in [1.54, 1.807) is 0 Å². The van der Waals surface area contributed by atoms with Gasteiger partial charge in [-0.25, -0.2) is 13.1 Å². The van der Waals surface area contributed by atoms with Crippen LogP contribution in [0.4, 0.5) is 0 Å². The van der Waals surface area contributed by atoms with E-state index >= 15 is 0 Å². The molecule has 0 bridgehead atoms. The fourth-order valence-electron chi connectivity index (χ4n) is 1.52. The normalized spacial score (nSPS) is 11.6. The van der Waals surface area contributed by atoms with Crippen molar-refractivity contribution in [3.8, 4) is 5.75 Å². The van der Waals surface area contributed by atoms with Gasteiger partial charge in [0.05, 0.1) is 12.1 Å². The van der Waals surface area contributed by atoms with Gasteiger partial charge >= 0.3 is 0 Å². The number of methoxy groups -OCH3 is 1. The van der Waals surface area contributed by atoms with Crippen molar-refractivity contribution in [3.05, 3.63) is 22.2 Å². The maximum atomic E-state index is 12.2. The van der Waals surface area contributed by atoms with Crippen LogP contribution >= 0.6 is 23.2 Å². The first-order valence-corrected chi connectivity index (χ1v) is 8.27. The molecule has 0 heterocycles. The third-order valence-corrected chi connectivity index (χ3v) is 4.74. The molecule has 8 heteroatoms. The van der Waals surface area contributed by atoms with Crippen molar-refractivity contribution in [1.29, 1.82) is 0 Å². The average Bonchev–Trinajstić information content (AvgIpc) is 2.41. The molecule has 0 spiro atoms. The van der Waals surface area contributed by atoms with E-state index in [1.807, 2.05) is 6.92 Å². The van der Waals surface area contributed by atoms with Crippen molar-refractivity contribution in [1.82, 2.24) is 4.72 Å². The maximum absolute atomic E-state index is 12.2. The Kier molecular flexibility index (Phi) is 7.05. The Balaban J connectivity index is 2.85. The van der Waals surface area contributed by atoms with Crippen molar-refractivity contribution in [2.45, 2.75) is 18.2 Å². The predicted octanol–water partition coefficient (Wildman–Crippen LogP) is 2.71. The minimum absolute atomic E-state index is 0.0363. The molecule has 20 heavy (non-hydrogen) atoms. The first kappa shape index (κ1) is 17.5. The Morgan fingerprint density at radius 1 is 1.30 bits per heavy atom. The number of sulfonamides is 1. The molecular weight excluding hydrogens is 325 g/mol. The van der Waals surface area contributed by atoms with Gasteiger partial charge in [0.2, 0.25) is 10.0 Å². The highest BCUT2D eigenvalue weighted by atomic mass is 35.5. The molecule has 1 aromatic rings. The number of benzene rings is 1. The minimum atomic E-state index is -3.70. The lowest BCUT2D eigenvalue weighted by molar-refractivity contribution is 0.146. The van der Waals surface area contributed by atoms with Gasteiger partial charge in [-0.3, -0.25) is 0 Å². The molecule has 0 amide bonds. The zero-order valence-electron chi connectivity index (χ0n) is 11.3. The van der Waals surface area contributed by atoms with Crippen molar-refractivity contribution >= 4 is 33.2 Å². The Labute approximate surface area is 129 Å². The van der Waals surface area contributed by atoms with Gasteiger partial charge in [0.1, 0.15) is 9.92 Å². The standard InChI is InChI=1S/C12H17Cl2NO4S/c1-3-19-8-4-7-15-20(16,17)10-6-5-9(13)11(14)12(10)18-2/h5-6,15H,3-4,7-8H2,1-2H3. The summed E-state index contributed by atoms with van der Waals surface area (Å²) in [5.41, 5.74) is 0. The lowest BCUT2D eigenvalue weighted by Crippen LogP contribution is -2.26. The fraction of sp³-hybridized carbons (Fsp3) is 0.500. The van der Waals surface area contributed by atoms with Crippen LogP contribution in [-0.2, 0) is 14.8 Å². The lowest BCUT2D eigenvalue weighted by atomic mass is 10.3. The summed E-state index contributed by atoms with van der Waals surface area (Å²) >= 11 is 11.8. The van der Waals surface area contributed by atoms with Gasteiger partial charge in [0.15, 0.2) is 5.75 Å². The van der Waals surface area contributed by atoms with Crippen LogP contribution in [0.15, 0.2) is 17.0 Å². The summed E-state index contributed by atoms with van der Waals surface area (Å²) in [7, 11) is -2.36. The van der Waals surface area contributed by atoms with Crippen LogP contribution in [0, 0.1) is 0 Å². The monoisotopic (exact) mass is 341 g/mol. The Bertz CT molecular complexity index is 549. The van der Waals surface area contributed by atoms with Crippen molar-refractivity contribution < 1.29 is 17.9 Å². The quantitative estimate of drug-likeness (QED) is 0.738. The molecule has 0 aromatic heterocycles. The first-order valence-electron chi connectivity index (χ1n) is 6.03. The van der Waals surface area contributed by atoms with Gasteiger partial charge in [-0.15, -0.1) is 0 Å². The van der Waals surface area contributed by atoms with Gasteiger partial charge in [-0.2, -0.15) is 0 Å². The Morgan fingerprint density at radius 2 is 2.00 bits per heavy atom. The molecular formula is C12H17Cl2NO4S. The largest absolute Gasteiger partial charge is 0.494 e. The Morgan fingerprint density at radius 3 is 2.60 bits per heavy atom. The topological polar surface area (TPSA) is 64.6 Å². The fourth-order valence-corrected chi connectivity index (χ4v) is 3.21. The summed E-state index contributed by atoms with van der Waals surface area (Å²) in [5.74, 6) is 0.0384. The predicted molar refractivity (Wildman–Crippen MR) is 79.3 cm³/mol. The molecule has 0 fully saturated rings. The van der Waals surface area contributed by atoms with Crippen molar-refractivity contribution in [2.24, 2.45) is 0 Å². The molecule has 0 aliphatic heterocycles. The van der Waals surface area contributed by atoms with Gasteiger partial charge in [-0.05, 0) is 25.5 Å². The van der Waals surface area contributed by atoms with E-state index in [2.05, 4.69) is 4.72 Å². The van der Waals surface area contributed by atoms with Crippen molar-refractivity contribution in [3.63, 3.8) is 0 Å². The molecule has 5 nitrogen and oxygen atoms in total. The number of hydrogen-bond acceptors (Lipinski definition) is 4. The molecule has 0 aliphatic rings. The van der Waals surface area contributed by atoms with Crippen LogP contribution in [-0.4, -0.2) is 35.3 Å². The highest BCUT2D eigenvalue weighted by Crippen LogP contribution is 2.37. The highest BCUT2D eigenvalue weighted by molar-refractivity contribution is 7.89. The molecule has 1 N–H and O–H groups in total. The average molecular weight is 342 g/mol. The van der Waals surface area contributed by atoms with E-state index in [0.717, 1.165) is 0 Å². The molecule has 114 valence electrons. The third kappa shape index (κ3) is 4.49. The van der Waals surface area contributed by atoms with E-state index in [1.165, 1.54) is 19.2 Å². The molecule has 0 atom stereocenters. The number of rotatable bonds is 8. The lowest BCUT2D eigenvalue weighted by Gasteiger charge is -2.12. The van der Waals surface area contributed by atoms with E-state index < -0.39 is 10.0 Å². The zero-order chi connectivity index (χ0) is 15.2. The SMILES string of the molecule is CCOCCCNS(=O)(=O)c1ccc(Cl)c(Cl)c1OC. The van der Waals surface area contributed by atoms with E-state index in [4.69, 9.17) is 32.7 Å². The molecule has 0 saturated carbocycles. The summed E-state index contributed by atoms with van der Waals surface area (Å²) < 4.78 is 37.0. The number of ether oxygens (including phenoxy) is 2. The summed E-state index contributed by atoms with van der Waals surface area (Å²) in [4.78, 5) is -0.0363. The Hall–Kier alpha value is -0.530. The molecule has 1 aromatic carbocycles.